The summed E-state index contributed by atoms with van der Waals surface area (Å²) in [5.41, 5.74) is 3.57. The molecule has 1 aromatic carbocycles. The van der Waals surface area contributed by atoms with E-state index in [0.717, 1.165) is 16.7 Å². The molecule has 36 heavy (non-hydrogen) atoms. The zero-order valence-electron chi connectivity index (χ0n) is 19.9. The number of halogens is 1. The number of nitrogens with zero attached hydrogens (tertiary/aromatic N) is 4. The number of aromatic nitrogens is 5. The zero-order chi connectivity index (χ0) is 25.4. The number of imidazole rings is 1. The van der Waals surface area contributed by atoms with Gasteiger partial charge >= 0.3 is 0 Å². The Morgan fingerprint density at radius 1 is 1.19 bits per heavy atom. The molecule has 4 N–H and O–H groups in total. The van der Waals surface area contributed by atoms with E-state index in [1.165, 1.54) is 0 Å². The summed E-state index contributed by atoms with van der Waals surface area (Å²) in [6.07, 6.45) is 2.18. The summed E-state index contributed by atoms with van der Waals surface area (Å²) in [4.78, 5) is 12.1. The summed E-state index contributed by atoms with van der Waals surface area (Å²) in [6.45, 7) is 3.88. The van der Waals surface area contributed by atoms with Crippen molar-refractivity contribution < 1.29 is 24.8 Å². The Hall–Kier alpha value is -3.02. The minimum atomic E-state index is -0.847. The first-order valence-electron chi connectivity index (χ1n) is 11.7. The van der Waals surface area contributed by atoms with Crippen molar-refractivity contribution in [1.29, 1.82) is 0 Å². The van der Waals surface area contributed by atoms with Crippen molar-refractivity contribution in [3.05, 3.63) is 47.7 Å². The number of nitrogens with one attached hydrogen (secondary N) is 1. The lowest BCUT2D eigenvalue weighted by atomic mass is 10.0. The molecular weight excluding hydrogens is 486 g/mol. The van der Waals surface area contributed by atoms with Crippen LogP contribution in [0.25, 0.3) is 33.5 Å². The van der Waals surface area contributed by atoms with Crippen LogP contribution in [0.2, 0.25) is 5.02 Å². The van der Waals surface area contributed by atoms with E-state index in [2.05, 4.69) is 20.1 Å². The van der Waals surface area contributed by atoms with Gasteiger partial charge in [-0.2, -0.15) is 10.1 Å². The van der Waals surface area contributed by atoms with Crippen molar-refractivity contribution in [3.63, 3.8) is 0 Å². The third kappa shape index (κ3) is 5.37. The smallest absolute Gasteiger partial charge is 0.296 e. The molecule has 3 atom stereocenters. The summed E-state index contributed by atoms with van der Waals surface area (Å²) in [5, 5.41) is 34.1. The fraction of sp³-hybridized carbons (Fsp3) is 0.400. The number of fused-ring (bicyclic) bond motifs is 1. The van der Waals surface area contributed by atoms with Crippen molar-refractivity contribution in [2.75, 3.05) is 13.2 Å². The van der Waals surface area contributed by atoms with E-state index < -0.39 is 23.9 Å². The normalized spacial score (nSPS) is 20.7. The van der Waals surface area contributed by atoms with Gasteiger partial charge in [-0.15, -0.1) is 0 Å². The molecule has 0 bridgehead atoms. The Kier molecular flexibility index (Phi) is 6.71. The minimum Gasteiger partial charge on any atom is -0.459 e. The Balaban J connectivity index is 1.33. The molecule has 3 aromatic heterocycles. The van der Waals surface area contributed by atoms with E-state index in [0.29, 0.717) is 34.8 Å². The third-order valence-electron chi connectivity index (χ3n) is 5.97. The van der Waals surface area contributed by atoms with Crippen LogP contribution in [0.15, 0.2) is 42.7 Å². The predicted molar refractivity (Wildman–Crippen MR) is 134 cm³/mol. The molecule has 0 unspecified atom stereocenters. The summed E-state index contributed by atoms with van der Waals surface area (Å²) in [5.74, 6) is 0. The Morgan fingerprint density at radius 3 is 2.64 bits per heavy atom. The number of aliphatic hydroxyl groups excluding tert-OH is 2. The molecule has 4 aromatic rings. The molecule has 10 nitrogen and oxygen atoms in total. The molecule has 1 fully saturated rings. The van der Waals surface area contributed by atoms with Crippen LogP contribution in [0.1, 0.15) is 20.3 Å². The van der Waals surface area contributed by atoms with Gasteiger partial charge in [0.2, 0.25) is 0 Å². The number of aromatic amines is 1. The van der Waals surface area contributed by atoms with Gasteiger partial charge in [-0.25, -0.2) is 4.98 Å². The van der Waals surface area contributed by atoms with Crippen LogP contribution in [0.5, 0.6) is 6.01 Å². The maximum Gasteiger partial charge on any atom is 0.296 e. The number of aliphatic hydroxyl groups is 3. The molecule has 11 heteroatoms. The topological polar surface area (TPSA) is 139 Å². The zero-order valence-corrected chi connectivity index (χ0v) is 20.7. The molecule has 0 saturated carbocycles. The second-order valence-corrected chi connectivity index (χ2v) is 10.1. The van der Waals surface area contributed by atoms with E-state index in [1.54, 1.807) is 30.8 Å². The van der Waals surface area contributed by atoms with Gasteiger partial charge < -0.3 is 29.8 Å². The number of ether oxygens (including phenoxy) is 2. The predicted octanol–water partition coefficient (Wildman–Crippen LogP) is 2.80. The lowest BCUT2D eigenvalue weighted by Crippen LogP contribution is -2.45. The molecular formula is C25H28ClN5O5. The Bertz CT molecular complexity index is 1350. The Labute approximate surface area is 212 Å². The standard InChI is InChI=1S/C25H28ClN5O5/c1-25(2,34)13-31-10-16(9-27-31)14-3-5-15(6-4-14)22-18(26)8-19-23(29-22)30-24(28-19)36-17-7-20(33)21(11-32)35-12-17/h3-6,8-10,17,20-21,32-34H,7,11-13H2,1-2H3,(H,28,29,30)/t17-,20+,21-/m1/s1. The second kappa shape index (κ2) is 9.79. The van der Waals surface area contributed by atoms with Gasteiger partial charge in [0.25, 0.3) is 6.01 Å². The monoisotopic (exact) mass is 513 g/mol. The molecule has 4 heterocycles. The lowest BCUT2D eigenvalue weighted by molar-refractivity contribution is -0.131. The average Bonchev–Trinajstić information content (AvgIpc) is 3.43. The summed E-state index contributed by atoms with van der Waals surface area (Å²) in [7, 11) is 0. The van der Waals surface area contributed by atoms with Crippen LogP contribution in [-0.2, 0) is 11.3 Å². The third-order valence-corrected chi connectivity index (χ3v) is 6.25. The second-order valence-electron chi connectivity index (χ2n) is 9.65. The molecule has 1 saturated heterocycles. The molecule has 0 aliphatic carbocycles. The number of benzene rings is 1. The lowest BCUT2D eigenvalue weighted by Gasteiger charge is -2.31. The highest BCUT2D eigenvalue weighted by Gasteiger charge is 2.31. The number of hydrogen-bond acceptors (Lipinski definition) is 8. The van der Waals surface area contributed by atoms with E-state index in [9.17, 15) is 15.3 Å². The minimum absolute atomic E-state index is 0.238. The van der Waals surface area contributed by atoms with Crippen LogP contribution in [0, 0.1) is 0 Å². The number of rotatable bonds is 7. The van der Waals surface area contributed by atoms with Crippen LogP contribution < -0.4 is 4.74 Å². The fourth-order valence-electron chi connectivity index (χ4n) is 4.22. The van der Waals surface area contributed by atoms with Crippen molar-refractivity contribution in [3.8, 4) is 28.4 Å². The highest BCUT2D eigenvalue weighted by atomic mass is 35.5. The summed E-state index contributed by atoms with van der Waals surface area (Å²) in [6, 6.07) is 9.82. The maximum absolute atomic E-state index is 10.1. The average molecular weight is 514 g/mol. The first-order valence-corrected chi connectivity index (χ1v) is 12.1. The van der Waals surface area contributed by atoms with Gasteiger partial charge in [0.1, 0.15) is 12.2 Å². The van der Waals surface area contributed by atoms with Crippen molar-refractivity contribution in [2.45, 2.75) is 50.7 Å². The van der Waals surface area contributed by atoms with E-state index >= 15 is 0 Å². The van der Waals surface area contributed by atoms with Gasteiger partial charge in [-0.1, -0.05) is 35.9 Å². The molecule has 190 valence electrons. The van der Waals surface area contributed by atoms with Crippen LogP contribution >= 0.6 is 11.6 Å². The van der Waals surface area contributed by atoms with E-state index in [4.69, 9.17) is 21.1 Å². The SMILES string of the molecule is CC(C)(O)Cn1cc(-c2ccc(-c3nc4nc(O[C@H]5CO[C@H](CO)[C@@H](O)C5)[nH]c4cc3Cl)cc2)cn1. The maximum atomic E-state index is 10.1. The van der Waals surface area contributed by atoms with Gasteiger partial charge in [0.15, 0.2) is 5.65 Å². The van der Waals surface area contributed by atoms with Crippen molar-refractivity contribution >= 4 is 22.8 Å². The molecule has 0 spiro atoms. The van der Waals surface area contributed by atoms with Crippen LogP contribution in [0.4, 0.5) is 0 Å². The highest BCUT2D eigenvalue weighted by molar-refractivity contribution is 6.33. The summed E-state index contributed by atoms with van der Waals surface area (Å²) < 4.78 is 13.0. The van der Waals surface area contributed by atoms with Gasteiger partial charge in [-0.3, -0.25) is 4.68 Å². The first-order chi connectivity index (χ1) is 17.2. The number of hydrogen-bond donors (Lipinski definition) is 4. The summed E-state index contributed by atoms with van der Waals surface area (Å²) >= 11 is 6.55. The van der Waals surface area contributed by atoms with Gasteiger partial charge in [-0.05, 0) is 25.5 Å². The Morgan fingerprint density at radius 2 is 1.94 bits per heavy atom. The first kappa shape index (κ1) is 24.7. The molecule has 0 radical (unpaired) electrons. The van der Waals surface area contributed by atoms with E-state index in [-0.39, 0.29) is 19.2 Å². The fourth-order valence-corrected chi connectivity index (χ4v) is 4.48. The molecule has 1 aliphatic rings. The largest absolute Gasteiger partial charge is 0.459 e. The number of H-pyrrole nitrogens is 1. The van der Waals surface area contributed by atoms with Gasteiger partial charge in [0.05, 0.1) is 53.9 Å². The van der Waals surface area contributed by atoms with Crippen LogP contribution in [-0.4, -0.2) is 77.2 Å². The molecule has 1 aliphatic heterocycles. The molecule has 5 rings (SSSR count). The number of pyridine rings is 1. The van der Waals surface area contributed by atoms with Crippen molar-refractivity contribution in [1.82, 2.24) is 24.7 Å². The quantitative estimate of drug-likeness (QED) is 0.296. The highest BCUT2D eigenvalue weighted by Crippen LogP contribution is 2.31. The van der Waals surface area contributed by atoms with Crippen molar-refractivity contribution in [2.24, 2.45) is 0 Å². The van der Waals surface area contributed by atoms with E-state index in [1.807, 2.05) is 30.5 Å². The molecule has 0 amide bonds. The van der Waals surface area contributed by atoms with Gasteiger partial charge in [0, 0.05) is 23.7 Å². The van der Waals surface area contributed by atoms with Crippen LogP contribution in [0.3, 0.4) is 0 Å².